The van der Waals surface area contributed by atoms with Gasteiger partial charge in [-0.3, -0.25) is 0 Å². The molecule has 6 nitrogen and oxygen atoms in total. The molecule has 0 fully saturated rings. The van der Waals surface area contributed by atoms with Crippen molar-refractivity contribution < 1.29 is 100 Å². The molecule has 0 amide bonds. The molecule has 0 aliphatic heterocycles. The van der Waals surface area contributed by atoms with Gasteiger partial charge in [-0.15, -0.1) is 0 Å². The first kappa shape index (κ1) is 22.7. The molecule has 0 saturated heterocycles. The van der Waals surface area contributed by atoms with Gasteiger partial charge in [-0.25, -0.2) is 0 Å². The number of rotatable bonds is 0. The van der Waals surface area contributed by atoms with E-state index in [2.05, 4.69) is 0 Å². The Kier molecular flexibility index (Phi) is 39.3. The molecule has 0 aromatic rings. The molecule has 0 aliphatic rings. The number of hydrogen-bond acceptors (Lipinski definition) is 6. The van der Waals surface area contributed by atoms with E-state index in [1.807, 2.05) is 0 Å². The van der Waals surface area contributed by atoms with Crippen LogP contribution in [0.1, 0.15) is 0 Å². The summed E-state index contributed by atoms with van der Waals surface area (Å²) in [7, 11) is -4.83. The second-order valence-corrected chi connectivity index (χ2v) is 0.653. The van der Waals surface area contributed by atoms with E-state index in [-0.39, 0.29) is 70.2 Å². The second-order valence-electron chi connectivity index (χ2n) is 0.653. The van der Waals surface area contributed by atoms with Gasteiger partial charge >= 0.3 is 77.6 Å². The van der Waals surface area contributed by atoms with Crippen molar-refractivity contribution in [3.05, 3.63) is 0 Å². The van der Waals surface area contributed by atoms with Crippen LogP contribution in [0.5, 0.6) is 0 Å². The zero-order valence-corrected chi connectivity index (χ0v) is 8.88. The maximum Gasteiger partial charge on any atom is 1.00 e. The van der Waals surface area contributed by atoms with Crippen LogP contribution in [0.4, 0.5) is 0 Å². The average Bonchev–Trinajstić information content (AvgIpc) is 1.25. The third kappa shape index (κ3) is 187. The summed E-state index contributed by atoms with van der Waals surface area (Å²) < 4.78 is 0. The predicted molar refractivity (Wildman–Crippen MR) is 20.4 cm³/mol. The maximum atomic E-state index is 8.53. The maximum absolute atomic E-state index is 8.53. The first-order valence-electron chi connectivity index (χ1n) is 1.50. The average molecular weight is 168 g/mol. The molecule has 48 valence electrons. The minimum atomic E-state index is -2.67. The Balaban J connectivity index is -0.0000000300. The van der Waals surface area contributed by atoms with Gasteiger partial charge in [-0.05, 0) is 0 Å². The molecule has 4 N–H and O–H groups in total. The molecule has 0 spiro atoms. The van der Waals surface area contributed by atoms with Crippen molar-refractivity contribution in [3.63, 3.8) is 0 Å². The topological polar surface area (TPSA) is 127 Å². The number of hydrogen-bond donors (Lipinski definition) is 4. The van der Waals surface area contributed by atoms with Gasteiger partial charge in [0.05, 0.1) is 7.32 Å². The molecule has 0 saturated carbocycles. The molecule has 0 aromatic carbocycles. The van der Waals surface area contributed by atoms with Gasteiger partial charge in [-0.2, -0.15) is 0 Å². The van der Waals surface area contributed by atoms with Crippen LogP contribution in [0.2, 0.25) is 0 Å². The molecule has 0 rings (SSSR count). The quantitative estimate of drug-likeness (QED) is 0.266. The minimum absolute atomic E-state index is 0. The summed E-state index contributed by atoms with van der Waals surface area (Å²) in [5, 5.41) is 45.5. The van der Waals surface area contributed by atoms with Crippen LogP contribution in [0, 0.1) is 0 Å². The van der Waals surface area contributed by atoms with Gasteiger partial charge in [0, 0.05) is 0 Å². The molecule has 0 unspecified atom stereocenters. The van der Waals surface area contributed by atoms with Gasteiger partial charge < -0.3 is 30.1 Å². The monoisotopic (exact) mass is 168 g/mol. The predicted octanol–water partition coefficient (Wildman–Crippen LogP) is -11.4. The van der Waals surface area contributed by atoms with Crippen LogP contribution >= 0.6 is 0 Å². The Morgan fingerprint density at radius 3 is 0.900 bits per heavy atom. The van der Waals surface area contributed by atoms with E-state index in [4.69, 9.17) is 30.1 Å². The molecular formula is H4B2KLiO6. The molecule has 0 radical (unpaired) electrons. The van der Waals surface area contributed by atoms with E-state index >= 15 is 0 Å². The normalized spacial score (nSPS) is 5.40. The van der Waals surface area contributed by atoms with E-state index in [0.29, 0.717) is 0 Å². The van der Waals surface area contributed by atoms with E-state index in [1.54, 1.807) is 0 Å². The molecule has 0 bridgehead atoms. The van der Waals surface area contributed by atoms with Crippen LogP contribution in [-0.2, 0) is 0 Å². The van der Waals surface area contributed by atoms with Crippen molar-refractivity contribution in [2.75, 3.05) is 0 Å². The van der Waals surface area contributed by atoms with Gasteiger partial charge in [0.2, 0.25) is 0 Å². The first-order valence-corrected chi connectivity index (χ1v) is 1.50. The van der Waals surface area contributed by atoms with Crippen molar-refractivity contribution in [1.29, 1.82) is 0 Å². The van der Waals surface area contributed by atoms with Crippen molar-refractivity contribution in [3.8, 4) is 0 Å². The second kappa shape index (κ2) is 17.3. The Bertz CT molecular complexity index is 31.2. The van der Waals surface area contributed by atoms with Crippen LogP contribution < -0.4 is 80.3 Å². The smallest absolute Gasteiger partial charge is 0.871 e. The first-order chi connectivity index (χ1) is 3.46. The summed E-state index contributed by atoms with van der Waals surface area (Å²) in [5.74, 6) is 0. The minimum Gasteiger partial charge on any atom is -0.871 e. The summed E-state index contributed by atoms with van der Waals surface area (Å²) >= 11 is 0. The fourth-order valence-electron chi connectivity index (χ4n) is 0. The summed E-state index contributed by atoms with van der Waals surface area (Å²) in [6, 6.07) is 0. The van der Waals surface area contributed by atoms with E-state index in [1.165, 1.54) is 0 Å². The third-order valence-electron chi connectivity index (χ3n) is 0. The van der Waals surface area contributed by atoms with Crippen molar-refractivity contribution >= 4 is 14.6 Å². The molecule has 0 atom stereocenters. The summed E-state index contributed by atoms with van der Waals surface area (Å²) in [6.45, 7) is 0. The Morgan fingerprint density at radius 1 is 0.900 bits per heavy atom. The van der Waals surface area contributed by atoms with Gasteiger partial charge in [0.1, 0.15) is 0 Å². The molecule has 10 heteroatoms. The van der Waals surface area contributed by atoms with Gasteiger partial charge in [0.15, 0.2) is 0 Å². The fraction of sp³-hybridized carbons (Fsp3) is 0. The van der Waals surface area contributed by atoms with Gasteiger partial charge in [-0.1, -0.05) is 0 Å². The summed E-state index contributed by atoms with van der Waals surface area (Å²) in [6.07, 6.45) is 0. The Hall–Kier alpha value is 2.12. The van der Waals surface area contributed by atoms with Crippen LogP contribution in [0.3, 0.4) is 0 Å². The molecule has 0 aliphatic carbocycles. The molecule has 0 heterocycles. The zero-order valence-electron chi connectivity index (χ0n) is 5.76. The van der Waals surface area contributed by atoms with E-state index in [9.17, 15) is 0 Å². The Labute approximate surface area is 113 Å². The molecule has 0 aromatic heterocycles. The van der Waals surface area contributed by atoms with E-state index in [0.717, 1.165) is 0 Å². The SMILES string of the molecule is OB(O)O.[K+].[Li+].[O-]B([O-])O. The molecule has 10 heavy (non-hydrogen) atoms. The fourth-order valence-corrected chi connectivity index (χ4v) is 0. The van der Waals surface area contributed by atoms with Crippen molar-refractivity contribution in [2.45, 2.75) is 0 Å². The third-order valence-corrected chi connectivity index (χ3v) is 0. The summed E-state index contributed by atoms with van der Waals surface area (Å²) in [4.78, 5) is 0. The van der Waals surface area contributed by atoms with Crippen LogP contribution in [0.15, 0.2) is 0 Å². The van der Waals surface area contributed by atoms with Crippen molar-refractivity contribution in [2.24, 2.45) is 0 Å². The standard InChI is InChI=1S/BH3O3.BHO3.K.Li/c2*2-1(3)4;;/h2-4H;2H;;/q;-2;2*+1. The molecular weight excluding hydrogens is 164 g/mol. The largest absolute Gasteiger partial charge is 1.00 e. The van der Waals surface area contributed by atoms with Crippen LogP contribution in [-0.4, -0.2) is 34.7 Å². The van der Waals surface area contributed by atoms with E-state index < -0.39 is 14.6 Å². The van der Waals surface area contributed by atoms with Gasteiger partial charge in [0.25, 0.3) is 0 Å². The Morgan fingerprint density at radius 2 is 0.900 bits per heavy atom. The zero-order chi connectivity index (χ0) is 7.15. The van der Waals surface area contributed by atoms with Crippen LogP contribution in [0.25, 0.3) is 0 Å². The van der Waals surface area contributed by atoms with Crippen molar-refractivity contribution in [1.82, 2.24) is 0 Å². The summed E-state index contributed by atoms with van der Waals surface area (Å²) in [5.41, 5.74) is 0.